The maximum atomic E-state index is 13.1. The van der Waals surface area contributed by atoms with Crippen molar-refractivity contribution in [3.05, 3.63) is 93.0 Å². The summed E-state index contributed by atoms with van der Waals surface area (Å²) >= 11 is 3.42. The molecule has 0 bridgehead atoms. The summed E-state index contributed by atoms with van der Waals surface area (Å²) in [6, 6.07) is 18.4. The first-order valence-electron chi connectivity index (χ1n) is 14.3. The van der Waals surface area contributed by atoms with Crippen molar-refractivity contribution in [1.29, 1.82) is 5.26 Å². The summed E-state index contributed by atoms with van der Waals surface area (Å²) in [6.45, 7) is 4.60. The SMILES string of the molecule is CCCCCCCOc1ccc(C2C(C#N)=C(N)Oc3cc(OC(=O)c4oc5cc(Br)ccc5c4C)ccc32)cc1OC. The van der Waals surface area contributed by atoms with Crippen molar-refractivity contribution in [1.82, 2.24) is 0 Å². The number of furan rings is 1. The molecular formula is C34H33BrN2O6. The van der Waals surface area contributed by atoms with E-state index in [1.54, 1.807) is 31.4 Å². The molecule has 9 heteroatoms. The van der Waals surface area contributed by atoms with E-state index in [1.165, 1.54) is 19.3 Å². The number of methoxy groups -OCH3 is 1. The minimum Gasteiger partial charge on any atom is -0.493 e. The third-order valence-corrected chi connectivity index (χ3v) is 8.01. The van der Waals surface area contributed by atoms with Gasteiger partial charge in [0.2, 0.25) is 11.6 Å². The largest absolute Gasteiger partial charge is 0.493 e. The molecule has 2 heterocycles. The normalized spacial score (nSPS) is 14.2. The highest BCUT2D eigenvalue weighted by Crippen LogP contribution is 2.45. The Labute approximate surface area is 259 Å². The van der Waals surface area contributed by atoms with Gasteiger partial charge < -0.3 is 29.1 Å². The van der Waals surface area contributed by atoms with Gasteiger partial charge in [-0.25, -0.2) is 4.79 Å². The molecule has 0 radical (unpaired) electrons. The molecule has 0 saturated carbocycles. The van der Waals surface area contributed by atoms with Crippen molar-refractivity contribution >= 4 is 32.9 Å². The fraction of sp³-hybridized carbons (Fsp3) is 0.294. The number of nitriles is 1. The molecule has 8 nitrogen and oxygen atoms in total. The monoisotopic (exact) mass is 644 g/mol. The van der Waals surface area contributed by atoms with Crippen LogP contribution < -0.4 is 24.7 Å². The molecular weight excluding hydrogens is 612 g/mol. The Hall–Kier alpha value is -4.42. The minimum atomic E-state index is -0.635. The lowest BCUT2D eigenvalue weighted by atomic mass is 9.83. The number of nitrogens with zero attached hydrogens (tertiary/aromatic N) is 1. The third kappa shape index (κ3) is 6.35. The Morgan fingerprint density at radius 1 is 1.05 bits per heavy atom. The smallest absolute Gasteiger partial charge is 0.379 e. The first-order chi connectivity index (χ1) is 20.8. The number of esters is 1. The molecule has 0 fully saturated rings. The predicted octanol–water partition coefficient (Wildman–Crippen LogP) is 8.30. The number of ether oxygens (including phenoxy) is 4. The molecule has 0 saturated heterocycles. The summed E-state index contributed by atoms with van der Waals surface area (Å²) in [7, 11) is 1.59. The highest BCUT2D eigenvalue weighted by Gasteiger charge is 2.32. The van der Waals surface area contributed by atoms with Crippen LogP contribution in [-0.2, 0) is 0 Å². The van der Waals surface area contributed by atoms with Crippen LogP contribution in [0.25, 0.3) is 11.0 Å². The van der Waals surface area contributed by atoms with E-state index in [4.69, 9.17) is 29.1 Å². The van der Waals surface area contributed by atoms with E-state index in [9.17, 15) is 10.1 Å². The quantitative estimate of drug-likeness (QED) is 0.0984. The zero-order chi connectivity index (χ0) is 30.5. The topological polar surface area (TPSA) is 117 Å². The Kier molecular flexibility index (Phi) is 9.27. The fourth-order valence-electron chi connectivity index (χ4n) is 5.26. The predicted molar refractivity (Wildman–Crippen MR) is 167 cm³/mol. The van der Waals surface area contributed by atoms with Gasteiger partial charge in [-0.2, -0.15) is 5.26 Å². The number of aryl methyl sites for hydroxylation is 1. The number of nitrogens with two attached hydrogens (primary N) is 1. The van der Waals surface area contributed by atoms with Crippen molar-refractivity contribution < 1.29 is 28.2 Å². The molecule has 1 unspecified atom stereocenters. The van der Waals surface area contributed by atoms with Crippen LogP contribution in [-0.4, -0.2) is 19.7 Å². The molecule has 2 N–H and O–H groups in total. The molecule has 1 aliphatic rings. The number of rotatable bonds is 11. The first-order valence-corrected chi connectivity index (χ1v) is 15.1. The zero-order valence-corrected chi connectivity index (χ0v) is 26.0. The average molecular weight is 646 g/mol. The van der Waals surface area contributed by atoms with E-state index in [0.717, 1.165) is 28.3 Å². The van der Waals surface area contributed by atoms with Gasteiger partial charge in [0.15, 0.2) is 11.5 Å². The van der Waals surface area contributed by atoms with Crippen molar-refractivity contribution in [3.8, 4) is 29.1 Å². The van der Waals surface area contributed by atoms with Crippen LogP contribution in [0.1, 0.15) is 72.2 Å². The summed E-state index contributed by atoms with van der Waals surface area (Å²) < 4.78 is 29.8. The van der Waals surface area contributed by atoms with Gasteiger partial charge in [0.1, 0.15) is 28.7 Å². The summed E-state index contributed by atoms with van der Waals surface area (Å²) in [5.74, 6) is 0.768. The molecule has 0 aliphatic carbocycles. The molecule has 1 aliphatic heterocycles. The number of benzene rings is 3. The zero-order valence-electron chi connectivity index (χ0n) is 24.4. The molecule has 0 spiro atoms. The number of carbonyl (C=O) groups excluding carboxylic acids is 1. The molecule has 4 aromatic rings. The second kappa shape index (κ2) is 13.3. The third-order valence-electron chi connectivity index (χ3n) is 7.51. The van der Waals surface area contributed by atoms with Gasteiger partial charge in [0.25, 0.3) is 0 Å². The van der Waals surface area contributed by atoms with E-state index in [1.807, 2.05) is 37.3 Å². The Balaban J connectivity index is 1.39. The van der Waals surface area contributed by atoms with Crippen LogP contribution in [0.15, 0.2) is 74.9 Å². The van der Waals surface area contributed by atoms with Crippen molar-refractivity contribution in [2.45, 2.75) is 51.9 Å². The number of fused-ring (bicyclic) bond motifs is 2. The van der Waals surface area contributed by atoms with E-state index in [0.29, 0.717) is 40.6 Å². The number of carbonyl (C=O) groups is 1. The number of hydrogen-bond acceptors (Lipinski definition) is 8. The number of halogens is 1. The van der Waals surface area contributed by atoms with Gasteiger partial charge in [-0.05, 0) is 55.3 Å². The summed E-state index contributed by atoms with van der Waals surface area (Å²) in [4.78, 5) is 13.1. The molecule has 43 heavy (non-hydrogen) atoms. The van der Waals surface area contributed by atoms with Crippen LogP contribution in [0.4, 0.5) is 0 Å². The maximum Gasteiger partial charge on any atom is 0.379 e. The minimum absolute atomic E-state index is 0.0199. The van der Waals surface area contributed by atoms with E-state index in [-0.39, 0.29) is 23.0 Å². The van der Waals surface area contributed by atoms with E-state index in [2.05, 4.69) is 28.9 Å². The van der Waals surface area contributed by atoms with E-state index < -0.39 is 11.9 Å². The van der Waals surface area contributed by atoms with Crippen LogP contribution in [0.5, 0.6) is 23.0 Å². The highest BCUT2D eigenvalue weighted by molar-refractivity contribution is 9.10. The Morgan fingerprint density at radius 2 is 1.86 bits per heavy atom. The lowest BCUT2D eigenvalue weighted by molar-refractivity contribution is 0.0702. The maximum absolute atomic E-state index is 13.1. The van der Waals surface area contributed by atoms with Gasteiger partial charge in [0, 0.05) is 27.1 Å². The van der Waals surface area contributed by atoms with Gasteiger partial charge in [-0.3, -0.25) is 0 Å². The number of hydrogen-bond donors (Lipinski definition) is 1. The van der Waals surface area contributed by atoms with Crippen molar-refractivity contribution in [3.63, 3.8) is 0 Å². The van der Waals surface area contributed by atoms with Crippen molar-refractivity contribution in [2.75, 3.05) is 13.7 Å². The molecule has 222 valence electrons. The standard InChI is InChI=1S/C34H33BrN2O6/c1-4-5-6-7-8-15-40-27-14-9-21(16-30(27)39-3)31-25-13-11-23(18-29(25)43-33(37)26(31)19-36)41-34(38)32-20(2)24-12-10-22(35)17-28(24)42-32/h9-14,16-18,31H,4-8,15,37H2,1-3H3. The van der Waals surface area contributed by atoms with Crippen LogP contribution in [0.3, 0.4) is 0 Å². The van der Waals surface area contributed by atoms with Gasteiger partial charge in [-0.1, -0.05) is 60.7 Å². The van der Waals surface area contributed by atoms with Gasteiger partial charge >= 0.3 is 5.97 Å². The molecule has 1 aromatic heterocycles. The number of allylic oxidation sites excluding steroid dienone is 1. The number of unbranched alkanes of at least 4 members (excludes halogenated alkanes) is 4. The van der Waals surface area contributed by atoms with Gasteiger partial charge in [-0.15, -0.1) is 0 Å². The van der Waals surface area contributed by atoms with Crippen LogP contribution >= 0.6 is 15.9 Å². The lowest BCUT2D eigenvalue weighted by Crippen LogP contribution is -2.21. The highest BCUT2D eigenvalue weighted by atomic mass is 79.9. The Morgan fingerprint density at radius 3 is 2.63 bits per heavy atom. The summed E-state index contributed by atoms with van der Waals surface area (Å²) in [5.41, 5.74) is 9.23. The van der Waals surface area contributed by atoms with E-state index >= 15 is 0 Å². The van der Waals surface area contributed by atoms with Crippen LogP contribution in [0, 0.1) is 18.3 Å². The molecule has 3 aromatic carbocycles. The fourth-order valence-corrected chi connectivity index (χ4v) is 5.60. The Bertz CT molecular complexity index is 1730. The molecule has 1 atom stereocenters. The first kappa shape index (κ1) is 30.1. The van der Waals surface area contributed by atoms with Crippen LogP contribution in [0.2, 0.25) is 0 Å². The summed E-state index contributed by atoms with van der Waals surface area (Å²) in [6.07, 6.45) is 5.71. The second-order valence-electron chi connectivity index (χ2n) is 10.4. The molecule has 5 rings (SSSR count). The lowest BCUT2D eigenvalue weighted by Gasteiger charge is -2.27. The average Bonchev–Trinajstić information content (AvgIpc) is 3.33. The molecule has 0 amide bonds. The second-order valence-corrected chi connectivity index (χ2v) is 11.3. The van der Waals surface area contributed by atoms with Gasteiger partial charge in [0.05, 0.1) is 19.6 Å². The summed E-state index contributed by atoms with van der Waals surface area (Å²) in [5, 5.41) is 10.8. The van der Waals surface area contributed by atoms with Crippen molar-refractivity contribution in [2.24, 2.45) is 5.73 Å².